The molecule has 1 unspecified atom stereocenters. The first-order chi connectivity index (χ1) is 9.31. The third kappa shape index (κ3) is 3.76. The monoisotopic (exact) mass is 314 g/mol. The van der Waals surface area contributed by atoms with Crippen LogP contribution in [0.25, 0.3) is 0 Å². The Morgan fingerprint density at radius 2 is 2.20 bits per heavy atom. The third-order valence-electron chi connectivity index (χ3n) is 3.25. The molecule has 7 heteroatoms. The molecule has 1 saturated heterocycles. The number of ether oxygens (including phenoxy) is 1. The molecule has 20 heavy (non-hydrogen) atoms. The lowest BCUT2D eigenvalue weighted by Crippen LogP contribution is -2.46. The van der Waals surface area contributed by atoms with Crippen molar-refractivity contribution in [2.75, 3.05) is 13.2 Å². The van der Waals surface area contributed by atoms with Crippen molar-refractivity contribution < 1.29 is 13.2 Å². The number of rotatable bonds is 5. The van der Waals surface area contributed by atoms with E-state index in [0.717, 1.165) is 0 Å². The zero-order valence-corrected chi connectivity index (χ0v) is 12.9. The van der Waals surface area contributed by atoms with E-state index in [4.69, 9.17) is 22.7 Å². The molecule has 1 atom stereocenters. The first-order valence-electron chi connectivity index (χ1n) is 6.28. The summed E-state index contributed by atoms with van der Waals surface area (Å²) in [4.78, 5) is 0.200. The Kier molecular flexibility index (Phi) is 4.43. The molecule has 1 fully saturated rings. The van der Waals surface area contributed by atoms with Gasteiger partial charge in [0.2, 0.25) is 10.0 Å². The third-order valence-corrected chi connectivity index (χ3v) is 4.96. The van der Waals surface area contributed by atoms with Gasteiger partial charge in [-0.25, -0.2) is 13.1 Å². The van der Waals surface area contributed by atoms with E-state index >= 15 is 0 Å². The molecular weight excluding hydrogens is 296 g/mol. The number of nitrogens with two attached hydrogens (primary N) is 1. The number of benzene rings is 1. The zero-order chi connectivity index (χ0) is 14.8. The maximum atomic E-state index is 12.3. The molecule has 0 aliphatic carbocycles. The van der Waals surface area contributed by atoms with Crippen molar-refractivity contribution in [2.45, 2.75) is 24.6 Å². The van der Waals surface area contributed by atoms with Crippen LogP contribution in [-0.2, 0) is 20.5 Å². The van der Waals surface area contributed by atoms with Gasteiger partial charge in [0.1, 0.15) is 4.99 Å². The van der Waals surface area contributed by atoms with Gasteiger partial charge in [0.15, 0.2) is 0 Å². The fourth-order valence-electron chi connectivity index (χ4n) is 2.25. The minimum atomic E-state index is -3.48. The molecular formula is C13H18N2O3S2. The molecule has 1 heterocycles. The first kappa shape index (κ1) is 15.4. The molecule has 0 bridgehead atoms. The van der Waals surface area contributed by atoms with Crippen LogP contribution >= 0.6 is 12.2 Å². The van der Waals surface area contributed by atoms with Crippen molar-refractivity contribution in [3.05, 3.63) is 35.4 Å². The lowest BCUT2D eigenvalue weighted by molar-refractivity contribution is 0.178. The second-order valence-corrected chi connectivity index (χ2v) is 7.41. The highest BCUT2D eigenvalue weighted by Crippen LogP contribution is 2.20. The summed E-state index contributed by atoms with van der Waals surface area (Å²) < 4.78 is 32.5. The molecule has 1 aliphatic rings. The van der Waals surface area contributed by atoms with Gasteiger partial charge in [-0.05, 0) is 18.9 Å². The maximum absolute atomic E-state index is 12.3. The van der Waals surface area contributed by atoms with Crippen LogP contribution in [0, 0.1) is 0 Å². The van der Waals surface area contributed by atoms with Gasteiger partial charge in [0.05, 0.1) is 17.9 Å². The molecule has 0 spiro atoms. The Bertz CT molecular complexity index is 608. The Morgan fingerprint density at radius 3 is 2.80 bits per heavy atom. The number of hydrogen-bond acceptors (Lipinski definition) is 4. The number of thiocarbonyl (C=S) groups is 1. The minimum Gasteiger partial charge on any atom is -0.389 e. The highest BCUT2D eigenvalue weighted by molar-refractivity contribution is 7.88. The standard InChI is InChI=1S/C13H18N2O3S2/c1-13(6-7-18-9-13)15-20(16,17)8-10-4-2-3-5-11(10)12(14)19/h2-5,15H,6-9H2,1H3,(H2,14,19). The zero-order valence-electron chi connectivity index (χ0n) is 11.3. The quantitative estimate of drug-likeness (QED) is 0.790. The van der Waals surface area contributed by atoms with E-state index in [0.29, 0.717) is 30.8 Å². The first-order valence-corrected chi connectivity index (χ1v) is 8.34. The largest absolute Gasteiger partial charge is 0.389 e. The SMILES string of the molecule is CC1(NS(=O)(=O)Cc2ccccc2C(N)=S)CCOC1. The highest BCUT2D eigenvalue weighted by Gasteiger charge is 2.34. The summed E-state index contributed by atoms with van der Waals surface area (Å²) in [6, 6.07) is 7.01. The number of hydrogen-bond donors (Lipinski definition) is 2. The Balaban J connectivity index is 2.18. The van der Waals surface area contributed by atoms with Crippen molar-refractivity contribution in [3.63, 3.8) is 0 Å². The maximum Gasteiger partial charge on any atom is 0.216 e. The lowest BCUT2D eigenvalue weighted by atomic mass is 10.0. The van der Waals surface area contributed by atoms with Crippen molar-refractivity contribution >= 4 is 27.2 Å². The van der Waals surface area contributed by atoms with Crippen LogP contribution in [0.3, 0.4) is 0 Å². The molecule has 110 valence electrons. The predicted molar refractivity (Wildman–Crippen MR) is 81.9 cm³/mol. The number of sulfonamides is 1. The summed E-state index contributed by atoms with van der Waals surface area (Å²) in [7, 11) is -3.48. The van der Waals surface area contributed by atoms with E-state index in [9.17, 15) is 8.42 Å². The van der Waals surface area contributed by atoms with Gasteiger partial charge in [-0.15, -0.1) is 0 Å². The van der Waals surface area contributed by atoms with Crippen molar-refractivity contribution in [1.29, 1.82) is 0 Å². The van der Waals surface area contributed by atoms with Crippen molar-refractivity contribution in [1.82, 2.24) is 4.72 Å². The van der Waals surface area contributed by atoms with Gasteiger partial charge in [-0.2, -0.15) is 0 Å². The summed E-state index contributed by atoms with van der Waals surface area (Å²) in [6.45, 7) is 2.81. The molecule has 1 aromatic rings. The summed E-state index contributed by atoms with van der Waals surface area (Å²) >= 11 is 4.95. The summed E-state index contributed by atoms with van der Waals surface area (Å²) in [5.41, 5.74) is 6.29. The average Bonchev–Trinajstić information content (AvgIpc) is 2.74. The van der Waals surface area contributed by atoms with Gasteiger partial charge in [-0.3, -0.25) is 0 Å². The normalized spacial score (nSPS) is 22.9. The van der Waals surface area contributed by atoms with Crippen LogP contribution in [0.5, 0.6) is 0 Å². The van der Waals surface area contributed by atoms with Crippen LogP contribution in [0.4, 0.5) is 0 Å². The van der Waals surface area contributed by atoms with Crippen molar-refractivity contribution in [3.8, 4) is 0 Å². The average molecular weight is 314 g/mol. The highest BCUT2D eigenvalue weighted by atomic mass is 32.2. The van der Waals surface area contributed by atoms with Crippen LogP contribution < -0.4 is 10.5 Å². The lowest BCUT2D eigenvalue weighted by Gasteiger charge is -2.23. The smallest absolute Gasteiger partial charge is 0.216 e. The van der Waals surface area contributed by atoms with E-state index in [2.05, 4.69) is 4.72 Å². The fourth-order valence-corrected chi connectivity index (χ4v) is 4.09. The molecule has 1 aromatic carbocycles. The van der Waals surface area contributed by atoms with E-state index in [1.807, 2.05) is 6.92 Å². The second-order valence-electron chi connectivity index (χ2n) is 5.25. The summed E-state index contributed by atoms with van der Waals surface area (Å²) in [5.74, 6) is -0.143. The molecule has 0 amide bonds. The molecule has 5 nitrogen and oxygen atoms in total. The van der Waals surface area contributed by atoms with E-state index in [1.54, 1.807) is 24.3 Å². The van der Waals surface area contributed by atoms with Gasteiger partial charge in [0, 0.05) is 12.2 Å². The molecule has 0 radical (unpaired) electrons. The molecule has 1 aliphatic heterocycles. The van der Waals surface area contributed by atoms with Gasteiger partial charge >= 0.3 is 0 Å². The molecule has 0 saturated carbocycles. The molecule has 2 rings (SSSR count). The Hall–Kier alpha value is -1.02. The van der Waals surface area contributed by atoms with E-state index in [-0.39, 0.29) is 10.7 Å². The van der Waals surface area contributed by atoms with Crippen LogP contribution in [0.1, 0.15) is 24.5 Å². The predicted octanol–water partition coefficient (Wildman–Crippen LogP) is 0.919. The van der Waals surface area contributed by atoms with Crippen LogP contribution in [0.2, 0.25) is 0 Å². The Labute approximate surface area is 124 Å². The minimum absolute atomic E-state index is 0.143. The van der Waals surface area contributed by atoms with Crippen LogP contribution in [-0.4, -0.2) is 32.2 Å². The van der Waals surface area contributed by atoms with E-state index in [1.165, 1.54) is 0 Å². The van der Waals surface area contributed by atoms with Gasteiger partial charge in [-0.1, -0.05) is 36.5 Å². The fraction of sp³-hybridized carbons (Fsp3) is 0.462. The van der Waals surface area contributed by atoms with Crippen molar-refractivity contribution in [2.24, 2.45) is 5.73 Å². The van der Waals surface area contributed by atoms with E-state index < -0.39 is 15.6 Å². The second kappa shape index (κ2) is 5.77. The van der Waals surface area contributed by atoms with Gasteiger partial charge < -0.3 is 10.5 Å². The van der Waals surface area contributed by atoms with Gasteiger partial charge in [0.25, 0.3) is 0 Å². The summed E-state index contributed by atoms with van der Waals surface area (Å²) in [5, 5.41) is 0. The summed E-state index contributed by atoms with van der Waals surface area (Å²) in [6.07, 6.45) is 0.670. The topological polar surface area (TPSA) is 81.4 Å². The Morgan fingerprint density at radius 1 is 1.50 bits per heavy atom. The molecule has 3 N–H and O–H groups in total. The molecule has 0 aromatic heterocycles. The number of nitrogens with one attached hydrogen (secondary N) is 1. The van der Waals surface area contributed by atoms with Crippen LogP contribution in [0.15, 0.2) is 24.3 Å².